The number of aromatic nitrogens is 4. The topological polar surface area (TPSA) is 89.2 Å². The fraction of sp³-hybridized carbons (Fsp3) is 0.242. The Balaban J connectivity index is 1.22. The minimum atomic E-state index is -0.915. The van der Waals surface area contributed by atoms with Crippen LogP contribution in [0.4, 0.5) is 19.4 Å². The monoisotopic (exact) mass is 597 g/mol. The van der Waals surface area contributed by atoms with E-state index < -0.39 is 17.7 Å². The van der Waals surface area contributed by atoms with Crippen molar-refractivity contribution in [2.24, 2.45) is 7.05 Å². The van der Waals surface area contributed by atoms with Gasteiger partial charge in [-0.2, -0.15) is 10.2 Å². The predicted molar refractivity (Wildman–Crippen MR) is 164 cm³/mol. The number of hydrogen-bond acceptors (Lipinski definition) is 5. The molecule has 0 spiro atoms. The van der Waals surface area contributed by atoms with Crippen molar-refractivity contribution in [2.45, 2.75) is 18.9 Å². The van der Waals surface area contributed by atoms with Crippen LogP contribution >= 0.6 is 0 Å². The lowest BCUT2D eigenvalue weighted by atomic mass is 9.94. The molecule has 6 rings (SSSR count). The Kier molecular flexibility index (Phi) is 8.38. The molecule has 1 saturated heterocycles. The molecule has 3 aromatic carbocycles. The van der Waals surface area contributed by atoms with Gasteiger partial charge in [0.2, 0.25) is 0 Å². The maximum absolute atomic E-state index is 14.3. The van der Waals surface area contributed by atoms with Gasteiger partial charge in [0, 0.05) is 49.9 Å². The van der Waals surface area contributed by atoms with E-state index in [1.165, 1.54) is 6.07 Å². The molecule has 226 valence electrons. The summed E-state index contributed by atoms with van der Waals surface area (Å²) in [6.45, 7) is 4.00. The first kappa shape index (κ1) is 29.1. The van der Waals surface area contributed by atoms with Crippen LogP contribution in [0.15, 0.2) is 91.3 Å². The van der Waals surface area contributed by atoms with Gasteiger partial charge in [0.15, 0.2) is 11.6 Å². The van der Waals surface area contributed by atoms with E-state index in [4.69, 9.17) is 9.84 Å². The van der Waals surface area contributed by atoms with E-state index in [-0.39, 0.29) is 12.0 Å². The highest BCUT2D eigenvalue weighted by Crippen LogP contribution is 2.32. The van der Waals surface area contributed by atoms with Gasteiger partial charge >= 0.3 is 6.03 Å². The van der Waals surface area contributed by atoms with Crippen LogP contribution in [-0.4, -0.2) is 62.8 Å². The number of amides is 2. The summed E-state index contributed by atoms with van der Waals surface area (Å²) in [6.07, 6.45) is 3.60. The highest BCUT2D eigenvalue weighted by molar-refractivity contribution is 5.91. The number of carbonyl (C=O) groups excluding carboxylic acids is 1. The molecule has 0 saturated carbocycles. The number of nitrogens with one attached hydrogen (secondary N) is 2. The normalized spacial score (nSPS) is 16.6. The first-order chi connectivity index (χ1) is 21.4. The minimum Gasteiger partial charge on any atom is -0.492 e. The third-order valence-corrected chi connectivity index (χ3v) is 7.84. The largest absolute Gasteiger partial charge is 0.492 e. The zero-order chi connectivity index (χ0) is 30.6. The Morgan fingerprint density at radius 3 is 2.45 bits per heavy atom. The van der Waals surface area contributed by atoms with Crippen LogP contribution in [0.25, 0.3) is 16.9 Å². The average molecular weight is 598 g/mol. The summed E-state index contributed by atoms with van der Waals surface area (Å²) in [5.74, 6) is -0.797. The van der Waals surface area contributed by atoms with Crippen LogP contribution < -0.4 is 15.4 Å². The summed E-state index contributed by atoms with van der Waals surface area (Å²) in [5.41, 5.74) is 3.70. The number of nitrogens with zero attached hydrogens (tertiary/aromatic N) is 5. The lowest BCUT2D eigenvalue weighted by Crippen LogP contribution is -2.42. The number of halogens is 2. The van der Waals surface area contributed by atoms with Crippen molar-refractivity contribution in [3.05, 3.63) is 114 Å². The van der Waals surface area contributed by atoms with Crippen molar-refractivity contribution >= 4 is 11.8 Å². The van der Waals surface area contributed by atoms with Gasteiger partial charge in [0.1, 0.15) is 23.9 Å². The molecular weight excluding hydrogens is 564 g/mol. The van der Waals surface area contributed by atoms with Gasteiger partial charge in [0.25, 0.3) is 0 Å². The van der Waals surface area contributed by atoms with E-state index >= 15 is 0 Å². The number of likely N-dealkylation sites (tertiary alicyclic amines) is 1. The maximum Gasteiger partial charge on any atom is 0.320 e. The Morgan fingerprint density at radius 1 is 1.00 bits per heavy atom. The Bertz CT molecular complexity index is 1740. The summed E-state index contributed by atoms with van der Waals surface area (Å²) in [6, 6.07) is 22.2. The number of rotatable bonds is 9. The predicted octanol–water partition coefficient (Wildman–Crippen LogP) is 5.53. The van der Waals surface area contributed by atoms with Crippen LogP contribution in [0.3, 0.4) is 0 Å². The zero-order valence-electron chi connectivity index (χ0n) is 24.5. The van der Waals surface area contributed by atoms with Crippen molar-refractivity contribution in [3.63, 3.8) is 0 Å². The standard InChI is InChI=1S/C33H33F2N7O2/c1-22-31(24-18-36-40(2)19-24)39-42(25-9-5-3-6-10-25)32(22)38-33(43)37-30-21-41(15-16-44-26-11-7-4-8-12-26)20-27(30)23-13-14-28(34)29(35)17-23/h3-14,17-19,27,30H,15-16,20-21H2,1-2H3,(H2,37,38,43)/t27-,30+/m0/s1. The molecule has 0 unspecified atom stereocenters. The number of anilines is 1. The third kappa shape index (κ3) is 6.32. The van der Waals surface area contributed by atoms with Gasteiger partial charge in [-0.1, -0.05) is 42.5 Å². The number of urea groups is 1. The molecular formula is C33H33F2N7O2. The molecule has 3 heterocycles. The number of ether oxygens (including phenoxy) is 1. The van der Waals surface area contributed by atoms with Crippen LogP contribution in [0, 0.1) is 18.6 Å². The van der Waals surface area contributed by atoms with E-state index in [1.54, 1.807) is 21.6 Å². The Morgan fingerprint density at radius 2 is 1.75 bits per heavy atom. The second-order valence-corrected chi connectivity index (χ2v) is 10.9. The highest BCUT2D eigenvalue weighted by Gasteiger charge is 2.35. The lowest BCUT2D eigenvalue weighted by Gasteiger charge is -2.21. The molecule has 0 aliphatic carbocycles. The third-order valence-electron chi connectivity index (χ3n) is 7.84. The molecule has 0 bridgehead atoms. The van der Waals surface area contributed by atoms with Gasteiger partial charge in [-0.3, -0.25) is 14.9 Å². The van der Waals surface area contributed by atoms with E-state index in [0.717, 1.165) is 28.6 Å². The molecule has 9 nitrogen and oxygen atoms in total. The van der Waals surface area contributed by atoms with Gasteiger partial charge in [-0.25, -0.2) is 18.3 Å². The van der Waals surface area contributed by atoms with Crippen LogP contribution in [-0.2, 0) is 7.05 Å². The van der Waals surface area contributed by atoms with Gasteiger partial charge in [-0.15, -0.1) is 0 Å². The SMILES string of the molecule is Cc1c(-c2cnn(C)c2)nn(-c2ccccc2)c1NC(=O)N[C@@H]1CN(CCOc2ccccc2)C[C@H]1c1ccc(F)c(F)c1. The summed E-state index contributed by atoms with van der Waals surface area (Å²) in [4.78, 5) is 15.8. The van der Waals surface area contributed by atoms with Crippen molar-refractivity contribution < 1.29 is 18.3 Å². The smallest absolute Gasteiger partial charge is 0.320 e. The summed E-state index contributed by atoms with van der Waals surface area (Å²) in [7, 11) is 1.84. The average Bonchev–Trinajstić information content (AvgIpc) is 3.73. The fourth-order valence-electron chi connectivity index (χ4n) is 5.63. The second kappa shape index (κ2) is 12.7. The number of hydrogen-bond donors (Lipinski definition) is 2. The Labute approximate surface area is 254 Å². The van der Waals surface area contributed by atoms with E-state index in [9.17, 15) is 13.6 Å². The van der Waals surface area contributed by atoms with Gasteiger partial charge < -0.3 is 10.1 Å². The van der Waals surface area contributed by atoms with Crippen molar-refractivity contribution in [1.29, 1.82) is 0 Å². The molecule has 2 atom stereocenters. The van der Waals surface area contributed by atoms with E-state index in [1.807, 2.05) is 80.8 Å². The molecule has 0 radical (unpaired) electrons. The van der Waals surface area contributed by atoms with Crippen molar-refractivity contribution in [2.75, 3.05) is 31.6 Å². The van der Waals surface area contributed by atoms with Crippen molar-refractivity contribution in [3.8, 4) is 22.7 Å². The molecule has 1 fully saturated rings. The quantitative estimate of drug-likeness (QED) is 0.233. The number of para-hydroxylation sites is 2. The zero-order valence-corrected chi connectivity index (χ0v) is 24.5. The van der Waals surface area contributed by atoms with Crippen LogP contribution in [0.1, 0.15) is 17.0 Å². The number of carbonyl (C=O) groups is 1. The minimum absolute atomic E-state index is 0.265. The molecule has 1 aliphatic rings. The molecule has 2 amide bonds. The molecule has 5 aromatic rings. The lowest BCUT2D eigenvalue weighted by molar-refractivity contribution is 0.231. The molecule has 1 aliphatic heterocycles. The van der Waals surface area contributed by atoms with E-state index in [2.05, 4.69) is 20.6 Å². The second-order valence-electron chi connectivity index (χ2n) is 10.9. The molecule has 2 N–H and O–H groups in total. The summed E-state index contributed by atoms with van der Waals surface area (Å²) in [5, 5.41) is 15.2. The van der Waals surface area contributed by atoms with Crippen LogP contribution in [0.5, 0.6) is 5.75 Å². The summed E-state index contributed by atoms with van der Waals surface area (Å²) >= 11 is 0. The first-order valence-electron chi connectivity index (χ1n) is 14.4. The first-order valence-corrected chi connectivity index (χ1v) is 14.4. The van der Waals surface area contributed by atoms with Crippen LogP contribution in [0.2, 0.25) is 0 Å². The molecule has 44 heavy (non-hydrogen) atoms. The highest BCUT2D eigenvalue weighted by atomic mass is 19.2. The van der Waals surface area contributed by atoms with E-state index in [0.29, 0.717) is 43.3 Å². The molecule has 2 aromatic heterocycles. The van der Waals surface area contributed by atoms with Crippen molar-refractivity contribution in [1.82, 2.24) is 29.8 Å². The maximum atomic E-state index is 14.3. The number of benzene rings is 3. The van der Waals surface area contributed by atoms with Gasteiger partial charge in [-0.05, 0) is 48.9 Å². The summed E-state index contributed by atoms with van der Waals surface area (Å²) < 4.78 is 37.3. The molecule has 11 heteroatoms. The van der Waals surface area contributed by atoms with Gasteiger partial charge in [0.05, 0.1) is 17.9 Å². The number of aryl methyl sites for hydroxylation is 1. The fourth-order valence-corrected chi connectivity index (χ4v) is 5.63. The Hall–Kier alpha value is -5.03.